The number of quaternary nitrogens is 1. The number of hydrogen-bond acceptors (Lipinski definition) is 5. The molecule has 1 atom stereocenters. The van der Waals surface area contributed by atoms with Crippen LogP contribution in [0, 0.1) is 0 Å². The van der Waals surface area contributed by atoms with E-state index in [0.29, 0.717) is 23.7 Å². The number of amides is 1. The number of benzene rings is 1. The number of carboxylic acid groups (broad SMARTS) is 1. The maximum absolute atomic E-state index is 12.0. The van der Waals surface area contributed by atoms with Gasteiger partial charge in [0, 0.05) is 6.07 Å². The van der Waals surface area contributed by atoms with Crippen molar-refractivity contribution in [1.29, 1.82) is 0 Å². The Morgan fingerprint density at radius 3 is 2.59 bits per heavy atom. The fourth-order valence-electron chi connectivity index (χ4n) is 1.93. The molecule has 1 rings (SSSR count). The van der Waals surface area contributed by atoms with Gasteiger partial charge in [-0.05, 0) is 18.6 Å². The van der Waals surface area contributed by atoms with Crippen LogP contribution in [-0.4, -0.2) is 38.7 Å². The monoisotopic (exact) mass is 310 g/mol. The number of nitrogens with one attached hydrogen (secondary N) is 1. The molecule has 0 aliphatic rings. The Kier molecular flexibility index (Phi) is 7.18. The molecule has 122 valence electrons. The number of methoxy groups -OCH3 is 2. The molecular formula is C15H22N2O5. The smallest absolute Gasteiger partial charge is 0.230 e. The molecule has 1 amide bonds. The van der Waals surface area contributed by atoms with Crippen LogP contribution in [0.15, 0.2) is 18.2 Å². The summed E-state index contributed by atoms with van der Waals surface area (Å²) in [7, 11) is 3.00. The van der Waals surface area contributed by atoms with Crippen molar-refractivity contribution in [3.63, 3.8) is 0 Å². The molecule has 0 saturated heterocycles. The minimum absolute atomic E-state index is 0.169. The molecule has 0 heterocycles. The molecule has 7 heteroatoms. The Hall–Kier alpha value is -2.28. The van der Waals surface area contributed by atoms with E-state index in [9.17, 15) is 14.7 Å². The number of aliphatic carboxylic acids is 1. The first-order chi connectivity index (χ1) is 10.5. The van der Waals surface area contributed by atoms with E-state index in [1.54, 1.807) is 23.5 Å². The van der Waals surface area contributed by atoms with Crippen molar-refractivity contribution in [3.8, 4) is 11.5 Å². The number of carbonyl (C=O) groups excluding carboxylic acids is 2. The first-order valence-electron chi connectivity index (χ1n) is 7.07. The minimum atomic E-state index is -1.25. The van der Waals surface area contributed by atoms with Crippen LogP contribution in [0.4, 0.5) is 5.69 Å². The van der Waals surface area contributed by atoms with E-state index in [-0.39, 0.29) is 6.42 Å². The van der Waals surface area contributed by atoms with E-state index in [1.165, 1.54) is 14.2 Å². The Morgan fingerprint density at radius 2 is 2.05 bits per heavy atom. The number of nitrogens with two attached hydrogens (primary N) is 1. The maximum Gasteiger partial charge on any atom is 0.230 e. The molecule has 1 aromatic carbocycles. The fourth-order valence-corrected chi connectivity index (χ4v) is 1.93. The van der Waals surface area contributed by atoms with Gasteiger partial charge in [0.15, 0.2) is 0 Å². The van der Waals surface area contributed by atoms with E-state index in [2.05, 4.69) is 5.32 Å². The van der Waals surface area contributed by atoms with E-state index >= 15 is 0 Å². The molecule has 0 aliphatic carbocycles. The number of anilines is 1. The normalized spacial score (nSPS) is 11.6. The van der Waals surface area contributed by atoms with E-state index in [4.69, 9.17) is 9.47 Å². The second kappa shape index (κ2) is 8.89. The van der Waals surface area contributed by atoms with Crippen molar-refractivity contribution in [2.75, 3.05) is 26.1 Å². The average molecular weight is 310 g/mol. The summed E-state index contributed by atoms with van der Waals surface area (Å²) in [5, 5.41) is 15.3. The van der Waals surface area contributed by atoms with E-state index in [1.807, 2.05) is 6.92 Å². The Morgan fingerprint density at radius 1 is 1.32 bits per heavy atom. The molecule has 0 radical (unpaired) electrons. The fraction of sp³-hybridized carbons (Fsp3) is 0.467. The summed E-state index contributed by atoms with van der Waals surface area (Å²) in [5.74, 6) is -0.621. The van der Waals surface area contributed by atoms with Crippen LogP contribution >= 0.6 is 0 Å². The summed E-state index contributed by atoms with van der Waals surface area (Å²) in [6.45, 7) is 2.56. The van der Waals surface area contributed by atoms with Gasteiger partial charge in [-0.2, -0.15) is 0 Å². The van der Waals surface area contributed by atoms with Gasteiger partial charge in [-0.15, -0.1) is 0 Å². The first kappa shape index (κ1) is 17.8. The minimum Gasteiger partial charge on any atom is -0.544 e. The third-order valence-electron chi connectivity index (χ3n) is 3.13. The summed E-state index contributed by atoms with van der Waals surface area (Å²) >= 11 is 0. The molecule has 0 aliphatic heterocycles. The highest BCUT2D eigenvalue weighted by molar-refractivity contribution is 5.94. The van der Waals surface area contributed by atoms with Gasteiger partial charge in [-0.25, -0.2) is 0 Å². The third kappa shape index (κ3) is 5.25. The molecular weight excluding hydrogens is 288 g/mol. The van der Waals surface area contributed by atoms with Crippen molar-refractivity contribution in [3.05, 3.63) is 18.2 Å². The van der Waals surface area contributed by atoms with Crippen molar-refractivity contribution in [2.24, 2.45) is 0 Å². The van der Waals surface area contributed by atoms with Gasteiger partial charge < -0.3 is 30.0 Å². The molecule has 22 heavy (non-hydrogen) atoms. The number of rotatable bonds is 9. The summed E-state index contributed by atoms with van der Waals surface area (Å²) < 4.78 is 10.2. The molecule has 3 N–H and O–H groups in total. The topological polar surface area (TPSA) is 104 Å². The zero-order chi connectivity index (χ0) is 16.5. The van der Waals surface area contributed by atoms with Gasteiger partial charge in [0.2, 0.25) is 5.91 Å². The third-order valence-corrected chi connectivity index (χ3v) is 3.13. The quantitative estimate of drug-likeness (QED) is 0.616. The van der Waals surface area contributed by atoms with Crippen LogP contribution in [0.3, 0.4) is 0 Å². The SMILES string of the molecule is CCC[NH2+][C@@H](CC(=O)Nc1ccc(OC)cc1OC)C(=O)[O-]. The maximum atomic E-state index is 12.0. The van der Waals surface area contributed by atoms with Crippen molar-refractivity contribution >= 4 is 17.6 Å². The molecule has 0 unspecified atom stereocenters. The predicted molar refractivity (Wildman–Crippen MR) is 78.7 cm³/mol. The van der Waals surface area contributed by atoms with Crippen LogP contribution in [-0.2, 0) is 9.59 Å². The van der Waals surface area contributed by atoms with E-state index < -0.39 is 17.9 Å². The van der Waals surface area contributed by atoms with Gasteiger partial charge in [0.25, 0.3) is 0 Å². The summed E-state index contributed by atoms with van der Waals surface area (Å²) in [6.07, 6.45) is 0.648. The van der Waals surface area contributed by atoms with Gasteiger partial charge >= 0.3 is 0 Å². The highest BCUT2D eigenvalue weighted by Crippen LogP contribution is 2.29. The second-order valence-electron chi connectivity index (χ2n) is 4.77. The Balaban J connectivity index is 2.73. The Bertz CT molecular complexity index is 519. The van der Waals surface area contributed by atoms with Gasteiger partial charge in [-0.3, -0.25) is 4.79 Å². The average Bonchev–Trinajstić information content (AvgIpc) is 2.51. The second-order valence-corrected chi connectivity index (χ2v) is 4.77. The van der Waals surface area contributed by atoms with Crippen LogP contribution < -0.4 is 25.2 Å². The van der Waals surface area contributed by atoms with E-state index in [0.717, 1.165) is 6.42 Å². The largest absolute Gasteiger partial charge is 0.544 e. The number of carboxylic acids is 1. The summed E-state index contributed by atoms with van der Waals surface area (Å²) in [5.41, 5.74) is 0.459. The standard InChI is InChI=1S/C15H22N2O5/c1-4-7-16-12(15(19)20)9-14(18)17-11-6-5-10(21-2)8-13(11)22-3/h5-6,8,12,16H,4,7,9H2,1-3H3,(H,17,18)(H,19,20)/t12-/m0/s1. The van der Waals surface area contributed by atoms with Crippen LogP contribution in [0.1, 0.15) is 19.8 Å². The number of hydrogen-bond donors (Lipinski definition) is 2. The lowest BCUT2D eigenvalue weighted by Gasteiger charge is -2.17. The van der Waals surface area contributed by atoms with Crippen LogP contribution in [0.2, 0.25) is 0 Å². The number of carbonyl (C=O) groups is 2. The zero-order valence-electron chi connectivity index (χ0n) is 13.0. The van der Waals surface area contributed by atoms with Crippen molar-refractivity contribution in [2.45, 2.75) is 25.8 Å². The van der Waals surface area contributed by atoms with Gasteiger partial charge in [-0.1, -0.05) is 6.92 Å². The first-order valence-corrected chi connectivity index (χ1v) is 7.07. The number of ether oxygens (including phenoxy) is 2. The summed E-state index contributed by atoms with van der Waals surface area (Å²) in [4.78, 5) is 23.0. The van der Waals surface area contributed by atoms with Crippen molar-refractivity contribution < 1.29 is 29.5 Å². The molecule has 7 nitrogen and oxygen atoms in total. The molecule has 0 fully saturated rings. The lowest BCUT2D eigenvalue weighted by molar-refractivity contribution is -0.682. The van der Waals surface area contributed by atoms with Crippen LogP contribution in [0.5, 0.6) is 11.5 Å². The summed E-state index contributed by atoms with van der Waals surface area (Å²) in [6, 6.07) is 4.05. The lowest BCUT2D eigenvalue weighted by atomic mass is 10.2. The molecule has 0 spiro atoms. The highest BCUT2D eigenvalue weighted by atomic mass is 16.5. The van der Waals surface area contributed by atoms with Crippen LogP contribution in [0.25, 0.3) is 0 Å². The van der Waals surface area contributed by atoms with Gasteiger partial charge in [0.1, 0.15) is 17.5 Å². The zero-order valence-corrected chi connectivity index (χ0v) is 13.0. The predicted octanol–water partition coefficient (Wildman–Crippen LogP) is -0.876. The molecule has 0 aromatic heterocycles. The Labute approximate surface area is 129 Å². The van der Waals surface area contributed by atoms with Crippen molar-refractivity contribution in [1.82, 2.24) is 0 Å². The highest BCUT2D eigenvalue weighted by Gasteiger charge is 2.19. The molecule has 1 aromatic rings. The molecule has 0 bridgehead atoms. The molecule has 0 saturated carbocycles. The lowest BCUT2D eigenvalue weighted by Crippen LogP contribution is -2.93. The van der Waals surface area contributed by atoms with Gasteiger partial charge in [0.05, 0.1) is 38.8 Å².